The van der Waals surface area contributed by atoms with E-state index in [2.05, 4.69) is 36.4 Å². The minimum absolute atomic E-state index is 0.281. The van der Waals surface area contributed by atoms with Gasteiger partial charge in [0.05, 0.1) is 0 Å². The first-order valence-electron chi connectivity index (χ1n) is 10.3. The summed E-state index contributed by atoms with van der Waals surface area (Å²) < 4.78 is 10.0. The minimum atomic E-state index is -4.13. The average molecular weight is 514 g/mol. The number of hydrogen-bond acceptors (Lipinski definition) is 3. The van der Waals surface area contributed by atoms with E-state index in [-0.39, 0.29) is 5.97 Å². The molecule has 4 aromatic rings. The normalized spacial score (nSPS) is 11.0. The van der Waals surface area contributed by atoms with Crippen LogP contribution in [0.1, 0.15) is 10.4 Å². The molecule has 0 saturated carbocycles. The summed E-state index contributed by atoms with van der Waals surface area (Å²) in [7, 11) is 3.88. The van der Waals surface area contributed by atoms with Crippen molar-refractivity contribution in [1.29, 1.82) is 0 Å². The zero-order chi connectivity index (χ0) is 21.7. The SMILES string of the molecule is CN(C)c1ccccc1C(=O)[O][Sn]([c]1ccccc1)([c]1ccccc1)[c]1ccccc1. The van der Waals surface area contributed by atoms with E-state index in [0.717, 1.165) is 16.4 Å². The summed E-state index contributed by atoms with van der Waals surface area (Å²) in [5, 5.41) is 0. The number of para-hydroxylation sites is 1. The van der Waals surface area contributed by atoms with Gasteiger partial charge in [-0.1, -0.05) is 0 Å². The zero-order valence-corrected chi connectivity index (χ0v) is 20.6. The summed E-state index contributed by atoms with van der Waals surface area (Å²) in [6.45, 7) is 0. The summed E-state index contributed by atoms with van der Waals surface area (Å²) in [6.07, 6.45) is 0. The fourth-order valence-electron chi connectivity index (χ4n) is 3.93. The molecule has 0 aliphatic carbocycles. The molecular formula is C27H25NO2Sn. The molecule has 0 aliphatic heterocycles. The third-order valence-corrected chi connectivity index (χ3v) is 16.6. The summed E-state index contributed by atoms with van der Waals surface area (Å²) in [5.41, 5.74) is 1.43. The Hall–Kier alpha value is -3.05. The Bertz CT molecular complexity index is 1050. The van der Waals surface area contributed by atoms with Gasteiger partial charge in [0.1, 0.15) is 0 Å². The van der Waals surface area contributed by atoms with Gasteiger partial charge in [-0.15, -0.1) is 0 Å². The van der Waals surface area contributed by atoms with Crippen molar-refractivity contribution in [3.05, 3.63) is 121 Å². The quantitative estimate of drug-likeness (QED) is 0.369. The molecule has 0 heterocycles. The van der Waals surface area contributed by atoms with Crippen LogP contribution in [0, 0.1) is 0 Å². The maximum atomic E-state index is 13.7. The Kier molecular flexibility index (Phi) is 6.42. The molecule has 31 heavy (non-hydrogen) atoms. The molecule has 0 radical (unpaired) electrons. The second-order valence-corrected chi connectivity index (χ2v) is 17.0. The van der Waals surface area contributed by atoms with E-state index in [0.29, 0.717) is 5.56 Å². The molecule has 0 bridgehead atoms. The van der Waals surface area contributed by atoms with Crippen LogP contribution in [0.15, 0.2) is 115 Å². The standard InChI is InChI=1S/C9H11NO2.3C6H5.Sn/c1-10(2)8-6-4-3-5-7(8)9(11)12;3*1-2-4-6-5-3-1;/h3-6H,1-2H3,(H,11,12);3*1-5H;/q;;;;+1/p-1. The van der Waals surface area contributed by atoms with Crippen LogP contribution >= 0.6 is 0 Å². The van der Waals surface area contributed by atoms with Gasteiger partial charge >= 0.3 is 189 Å². The molecule has 0 unspecified atom stereocenters. The van der Waals surface area contributed by atoms with Crippen molar-refractivity contribution in [2.75, 3.05) is 19.0 Å². The Morgan fingerprint density at radius 3 is 1.42 bits per heavy atom. The van der Waals surface area contributed by atoms with Gasteiger partial charge in [0.25, 0.3) is 0 Å². The van der Waals surface area contributed by atoms with Gasteiger partial charge < -0.3 is 0 Å². The van der Waals surface area contributed by atoms with Crippen LogP contribution in [-0.2, 0) is 3.07 Å². The Labute approximate surface area is 188 Å². The molecule has 154 valence electrons. The van der Waals surface area contributed by atoms with E-state index in [4.69, 9.17) is 3.07 Å². The molecule has 0 aliphatic rings. The molecule has 0 spiro atoms. The molecule has 0 fully saturated rings. The fraction of sp³-hybridized carbons (Fsp3) is 0.0741. The Morgan fingerprint density at radius 2 is 1.00 bits per heavy atom. The molecule has 0 saturated heterocycles. The Balaban J connectivity index is 1.94. The van der Waals surface area contributed by atoms with Crippen molar-refractivity contribution in [1.82, 2.24) is 0 Å². The van der Waals surface area contributed by atoms with E-state index in [1.807, 2.05) is 97.9 Å². The van der Waals surface area contributed by atoms with Crippen molar-refractivity contribution in [2.45, 2.75) is 0 Å². The first kappa shape index (κ1) is 21.2. The van der Waals surface area contributed by atoms with E-state index in [1.165, 1.54) is 0 Å². The van der Waals surface area contributed by atoms with Gasteiger partial charge in [-0.25, -0.2) is 0 Å². The van der Waals surface area contributed by atoms with E-state index in [1.54, 1.807) is 0 Å². The molecule has 0 N–H and O–H groups in total. The van der Waals surface area contributed by atoms with Crippen LogP contribution < -0.4 is 15.6 Å². The van der Waals surface area contributed by atoms with Crippen molar-refractivity contribution in [3.8, 4) is 0 Å². The summed E-state index contributed by atoms with van der Waals surface area (Å²) in [6, 6.07) is 38.3. The van der Waals surface area contributed by atoms with Crippen molar-refractivity contribution >= 4 is 41.2 Å². The maximum absolute atomic E-state index is 13.7. The number of rotatable bonds is 6. The van der Waals surface area contributed by atoms with Gasteiger partial charge in [0.2, 0.25) is 0 Å². The van der Waals surface area contributed by atoms with E-state index < -0.39 is 18.8 Å². The average Bonchev–Trinajstić information content (AvgIpc) is 2.84. The Morgan fingerprint density at radius 1 is 0.613 bits per heavy atom. The number of nitrogens with zero attached hydrogens (tertiary/aromatic N) is 1. The van der Waals surface area contributed by atoms with E-state index in [9.17, 15) is 4.79 Å². The number of anilines is 1. The molecular weight excluding hydrogens is 489 g/mol. The fourth-order valence-corrected chi connectivity index (χ4v) is 14.6. The predicted molar refractivity (Wildman–Crippen MR) is 130 cm³/mol. The van der Waals surface area contributed by atoms with Crippen LogP contribution in [-0.4, -0.2) is 38.9 Å². The molecule has 4 aromatic carbocycles. The van der Waals surface area contributed by atoms with Gasteiger partial charge in [0, 0.05) is 0 Å². The zero-order valence-electron chi connectivity index (χ0n) is 17.7. The monoisotopic (exact) mass is 515 g/mol. The van der Waals surface area contributed by atoms with Crippen molar-refractivity contribution < 1.29 is 7.87 Å². The summed E-state index contributed by atoms with van der Waals surface area (Å²) >= 11 is -4.13. The first-order valence-corrected chi connectivity index (χ1v) is 15.7. The molecule has 4 rings (SSSR count). The van der Waals surface area contributed by atoms with Crippen molar-refractivity contribution in [3.63, 3.8) is 0 Å². The molecule has 3 nitrogen and oxygen atoms in total. The third kappa shape index (κ3) is 4.23. The van der Waals surface area contributed by atoms with Crippen LogP contribution in [0.2, 0.25) is 0 Å². The van der Waals surface area contributed by atoms with Gasteiger partial charge in [-0.2, -0.15) is 0 Å². The van der Waals surface area contributed by atoms with Crippen LogP contribution in [0.3, 0.4) is 0 Å². The number of benzene rings is 4. The third-order valence-electron chi connectivity index (χ3n) is 5.39. The van der Waals surface area contributed by atoms with Gasteiger partial charge in [-0.05, 0) is 0 Å². The molecule has 4 heteroatoms. The van der Waals surface area contributed by atoms with Gasteiger partial charge in [0.15, 0.2) is 0 Å². The second kappa shape index (κ2) is 9.39. The molecule has 0 amide bonds. The summed E-state index contributed by atoms with van der Waals surface area (Å²) in [5.74, 6) is -0.281. The van der Waals surface area contributed by atoms with Crippen LogP contribution in [0.5, 0.6) is 0 Å². The second-order valence-electron chi connectivity index (χ2n) is 7.58. The predicted octanol–water partition coefficient (Wildman–Crippen LogP) is 3.58. The molecule has 0 atom stereocenters. The first-order chi connectivity index (χ1) is 15.1. The topological polar surface area (TPSA) is 29.5 Å². The van der Waals surface area contributed by atoms with Gasteiger partial charge in [-0.3, -0.25) is 0 Å². The number of carbonyl (C=O) groups excluding carboxylic acids is 1. The van der Waals surface area contributed by atoms with Crippen LogP contribution in [0.25, 0.3) is 0 Å². The van der Waals surface area contributed by atoms with Crippen LogP contribution in [0.4, 0.5) is 5.69 Å². The van der Waals surface area contributed by atoms with Crippen molar-refractivity contribution in [2.24, 2.45) is 0 Å². The number of hydrogen-bond donors (Lipinski definition) is 0. The number of carbonyl (C=O) groups is 1. The van der Waals surface area contributed by atoms with E-state index >= 15 is 0 Å². The summed E-state index contributed by atoms with van der Waals surface area (Å²) in [4.78, 5) is 15.7. The molecule has 0 aromatic heterocycles.